The molecule has 2 atom stereocenters. The monoisotopic (exact) mass is 340 g/mol. The van der Waals surface area contributed by atoms with Crippen molar-refractivity contribution in [2.45, 2.75) is 59.4 Å². The predicted molar refractivity (Wildman–Crippen MR) is 104 cm³/mol. The molecule has 5 heteroatoms. The molecular weight excluding hydrogens is 300 g/mol. The van der Waals surface area contributed by atoms with E-state index in [2.05, 4.69) is 48.2 Å². The number of nitrogens with one attached hydrogen (secondary N) is 2. The Morgan fingerprint density at radius 1 is 1.17 bits per heavy atom. The van der Waals surface area contributed by atoms with Gasteiger partial charge in [-0.3, -0.25) is 9.89 Å². The highest BCUT2D eigenvalue weighted by molar-refractivity contribution is 5.79. The van der Waals surface area contributed by atoms with Gasteiger partial charge in [0.15, 0.2) is 5.96 Å². The summed E-state index contributed by atoms with van der Waals surface area (Å²) < 4.78 is 5.36. The van der Waals surface area contributed by atoms with Crippen LogP contribution >= 0.6 is 0 Å². The van der Waals surface area contributed by atoms with Crippen LogP contribution in [0.3, 0.4) is 0 Å². The number of guanidine groups is 1. The van der Waals surface area contributed by atoms with Gasteiger partial charge in [0, 0.05) is 52.0 Å². The summed E-state index contributed by atoms with van der Waals surface area (Å²) in [4.78, 5) is 6.98. The molecule has 0 saturated carbocycles. The molecule has 1 aliphatic rings. The van der Waals surface area contributed by atoms with Gasteiger partial charge in [0.25, 0.3) is 0 Å². The highest BCUT2D eigenvalue weighted by Gasteiger charge is 2.32. The van der Waals surface area contributed by atoms with E-state index in [1.165, 1.54) is 19.5 Å². The number of rotatable bonds is 9. The zero-order valence-electron chi connectivity index (χ0n) is 16.8. The average molecular weight is 341 g/mol. The summed E-state index contributed by atoms with van der Waals surface area (Å²) in [5, 5.41) is 6.91. The molecule has 2 N–H and O–H groups in total. The summed E-state index contributed by atoms with van der Waals surface area (Å²) in [7, 11) is 1.84. The van der Waals surface area contributed by atoms with Crippen molar-refractivity contribution >= 4 is 5.96 Å². The Morgan fingerprint density at radius 2 is 1.83 bits per heavy atom. The van der Waals surface area contributed by atoms with Gasteiger partial charge in [-0.25, -0.2) is 0 Å². The summed E-state index contributed by atoms with van der Waals surface area (Å²) in [6.45, 7) is 17.3. The molecule has 1 fully saturated rings. The Labute approximate surface area is 149 Å². The molecule has 0 radical (unpaired) electrons. The number of piperidine rings is 1. The maximum Gasteiger partial charge on any atom is 0.191 e. The normalized spacial score (nSPS) is 23.3. The Morgan fingerprint density at radius 3 is 2.42 bits per heavy atom. The van der Waals surface area contributed by atoms with Crippen LogP contribution in [0.5, 0.6) is 0 Å². The molecule has 1 heterocycles. The van der Waals surface area contributed by atoms with E-state index in [0.717, 1.165) is 56.9 Å². The quantitative estimate of drug-likeness (QED) is 0.385. The second-order valence-corrected chi connectivity index (χ2v) is 7.92. The van der Waals surface area contributed by atoms with Crippen LogP contribution in [0.2, 0.25) is 0 Å². The number of unbranched alkanes of at least 4 members (excludes halogenated alkanes) is 1. The van der Waals surface area contributed by atoms with Gasteiger partial charge in [0.1, 0.15) is 0 Å². The van der Waals surface area contributed by atoms with Crippen LogP contribution in [0.25, 0.3) is 0 Å². The fourth-order valence-corrected chi connectivity index (χ4v) is 3.47. The SMILES string of the molecule is CCOCCCCNC(=NC)NCC(C)(C)N1CC(C)CC(C)C1. The first-order valence-corrected chi connectivity index (χ1v) is 9.66. The number of hydrogen-bond donors (Lipinski definition) is 2. The molecule has 1 rings (SSSR count). The largest absolute Gasteiger partial charge is 0.382 e. The van der Waals surface area contributed by atoms with Gasteiger partial charge >= 0.3 is 0 Å². The molecule has 2 unspecified atom stereocenters. The Bertz CT molecular complexity index is 360. The van der Waals surface area contributed by atoms with Crippen LogP contribution < -0.4 is 10.6 Å². The highest BCUT2D eigenvalue weighted by Crippen LogP contribution is 2.26. The minimum atomic E-state index is 0.134. The number of aliphatic imine (C=N–C) groups is 1. The maximum atomic E-state index is 5.36. The van der Waals surface area contributed by atoms with Crippen molar-refractivity contribution in [2.24, 2.45) is 16.8 Å². The molecule has 0 aromatic heterocycles. The standard InChI is InChI=1S/C19H40N4O/c1-7-24-11-9-8-10-21-18(20-6)22-15-19(4,5)23-13-16(2)12-17(3)14-23/h16-17H,7-15H2,1-6H3,(H2,20,21,22). The van der Waals surface area contributed by atoms with Gasteiger partial charge in [-0.1, -0.05) is 13.8 Å². The highest BCUT2D eigenvalue weighted by atomic mass is 16.5. The lowest BCUT2D eigenvalue weighted by atomic mass is 9.88. The van der Waals surface area contributed by atoms with Crippen LogP contribution in [-0.4, -0.2) is 62.8 Å². The van der Waals surface area contributed by atoms with Crippen LogP contribution in [0.15, 0.2) is 4.99 Å². The molecule has 24 heavy (non-hydrogen) atoms. The van der Waals surface area contributed by atoms with E-state index in [0.29, 0.717) is 0 Å². The Balaban J connectivity index is 2.33. The number of nitrogens with zero attached hydrogens (tertiary/aromatic N) is 2. The van der Waals surface area contributed by atoms with Crippen molar-refractivity contribution in [3.05, 3.63) is 0 Å². The van der Waals surface area contributed by atoms with E-state index < -0.39 is 0 Å². The summed E-state index contributed by atoms with van der Waals surface area (Å²) in [6.07, 6.45) is 3.54. The van der Waals surface area contributed by atoms with Crippen LogP contribution in [0.1, 0.15) is 53.9 Å². The lowest BCUT2D eigenvalue weighted by molar-refractivity contribution is 0.0483. The molecule has 0 spiro atoms. The van der Waals surface area contributed by atoms with E-state index in [1.807, 2.05) is 14.0 Å². The van der Waals surface area contributed by atoms with Crippen molar-refractivity contribution in [3.8, 4) is 0 Å². The lowest BCUT2D eigenvalue weighted by Gasteiger charge is -2.45. The first-order chi connectivity index (χ1) is 11.4. The zero-order valence-corrected chi connectivity index (χ0v) is 16.8. The number of likely N-dealkylation sites (tertiary alicyclic amines) is 1. The average Bonchev–Trinajstić information content (AvgIpc) is 2.52. The summed E-state index contributed by atoms with van der Waals surface area (Å²) in [5.41, 5.74) is 0.134. The van der Waals surface area contributed by atoms with Crippen molar-refractivity contribution < 1.29 is 4.74 Å². The summed E-state index contributed by atoms with van der Waals surface area (Å²) in [6, 6.07) is 0. The molecule has 0 aromatic carbocycles. The summed E-state index contributed by atoms with van der Waals surface area (Å²) in [5.74, 6) is 2.48. The molecule has 0 aromatic rings. The topological polar surface area (TPSA) is 48.9 Å². The zero-order chi connectivity index (χ0) is 18.0. The minimum absolute atomic E-state index is 0.134. The minimum Gasteiger partial charge on any atom is -0.382 e. The van der Waals surface area contributed by atoms with Gasteiger partial charge in [-0.2, -0.15) is 0 Å². The van der Waals surface area contributed by atoms with Crippen LogP contribution in [0.4, 0.5) is 0 Å². The molecule has 0 bridgehead atoms. The first kappa shape index (κ1) is 21.2. The maximum absolute atomic E-state index is 5.36. The molecule has 5 nitrogen and oxygen atoms in total. The first-order valence-electron chi connectivity index (χ1n) is 9.66. The molecule has 142 valence electrons. The second kappa shape index (κ2) is 10.9. The Hall–Kier alpha value is -0.810. The van der Waals surface area contributed by atoms with Gasteiger partial charge in [0.2, 0.25) is 0 Å². The van der Waals surface area contributed by atoms with Gasteiger partial charge < -0.3 is 15.4 Å². The fraction of sp³-hybridized carbons (Fsp3) is 0.947. The molecule has 0 amide bonds. The van der Waals surface area contributed by atoms with Gasteiger partial charge in [-0.15, -0.1) is 0 Å². The third-order valence-electron chi connectivity index (χ3n) is 4.85. The molecule has 0 aliphatic carbocycles. The van der Waals surface area contributed by atoms with E-state index in [9.17, 15) is 0 Å². The Kier molecular flexibility index (Phi) is 9.67. The van der Waals surface area contributed by atoms with E-state index in [4.69, 9.17) is 4.74 Å². The molecule has 1 saturated heterocycles. The number of ether oxygens (including phenoxy) is 1. The van der Waals surface area contributed by atoms with Crippen molar-refractivity contribution in [2.75, 3.05) is 46.4 Å². The summed E-state index contributed by atoms with van der Waals surface area (Å²) >= 11 is 0. The van der Waals surface area contributed by atoms with Crippen molar-refractivity contribution in [1.29, 1.82) is 0 Å². The van der Waals surface area contributed by atoms with E-state index in [1.54, 1.807) is 0 Å². The van der Waals surface area contributed by atoms with Gasteiger partial charge in [-0.05, 0) is 51.9 Å². The van der Waals surface area contributed by atoms with Crippen molar-refractivity contribution in [1.82, 2.24) is 15.5 Å². The lowest BCUT2D eigenvalue weighted by Crippen LogP contribution is -2.57. The van der Waals surface area contributed by atoms with E-state index >= 15 is 0 Å². The van der Waals surface area contributed by atoms with Crippen LogP contribution in [0, 0.1) is 11.8 Å². The third-order valence-corrected chi connectivity index (χ3v) is 4.85. The van der Waals surface area contributed by atoms with Crippen LogP contribution in [-0.2, 0) is 4.74 Å². The smallest absolute Gasteiger partial charge is 0.191 e. The predicted octanol–water partition coefficient (Wildman–Crippen LogP) is 2.72. The fourth-order valence-electron chi connectivity index (χ4n) is 3.47. The second-order valence-electron chi connectivity index (χ2n) is 7.92. The third kappa shape index (κ3) is 7.84. The number of hydrogen-bond acceptors (Lipinski definition) is 3. The van der Waals surface area contributed by atoms with E-state index in [-0.39, 0.29) is 5.54 Å². The van der Waals surface area contributed by atoms with Gasteiger partial charge in [0.05, 0.1) is 0 Å². The van der Waals surface area contributed by atoms with Crippen molar-refractivity contribution in [3.63, 3.8) is 0 Å². The molecular formula is C19H40N4O. The molecule has 1 aliphatic heterocycles.